The van der Waals surface area contributed by atoms with Crippen LogP contribution in [-0.2, 0) is 12.8 Å². The van der Waals surface area contributed by atoms with Crippen molar-refractivity contribution < 1.29 is 13.9 Å². The highest BCUT2D eigenvalue weighted by molar-refractivity contribution is 7.99. The summed E-state index contributed by atoms with van der Waals surface area (Å²) in [7, 11) is 0. The van der Waals surface area contributed by atoms with Gasteiger partial charge >= 0.3 is 5.63 Å². The molecule has 37 heavy (non-hydrogen) atoms. The second-order valence-electron chi connectivity index (χ2n) is 9.24. The van der Waals surface area contributed by atoms with Gasteiger partial charge in [0.2, 0.25) is 0 Å². The number of hydrogen-bond acceptors (Lipinski definition) is 5. The van der Waals surface area contributed by atoms with E-state index in [4.69, 9.17) is 4.42 Å². The fourth-order valence-corrected chi connectivity index (χ4v) is 6.12. The van der Waals surface area contributed by atoms with E-state index in [9.17, 15) is 19.1 Å². The fraction of sp³-hybridized carbons (Fsp3) is 0.133. The van der Waals surface area contributed by atoms with Crippen LogP contribution < -0.4 is 11.2 Å². The predicted octanol–water partition coefficient (Wildman–Crippen LogP) is 6.32. The number of rotatable bonds is 3. The molecule has 5 nitrogen and oxygen atoms in total. The van der Waals surface area contributed by atoms with Gasteiger partial charge in [-0.25, -0.2) is 9.18 Å². The van der Waals surface area contributed by atoms with Gasteiger partial charge in [0.15, 0.2) is 11.3 Å². The van der Waals surface area contributed by atoms with E-state index < -0.39 is 22.8 Å². The van der Waals surface area contributed by atoms with Gasteiger partial charge in [-0.05, 0) is 74.2 Å². The molecule has 7 heteroatoms. The lowest BCUT2D eigenvalue weighted by Gasteiger charge is -2.27. The topological polar surface area (TPSA) is 72.4 Å². The average Bonchev–Trinajstić information content (AvgIpc) is 2.87. The van der Waals surface area contributed by atoms with Gasteiger partial charge in [0.25, 0.3) is 5.56 Å². The van der Waals surface area contributed by atoms with Crippen molar-refractivity contribution in [2.45, 2.75) is 36.5 Å². The summed E-state index contributed by atoms with van der Waals surface area (Å²) >= 11 is 0.866. The molecular weight excluding hydrogens is 489 g/mol. The second-order valence-corrected chi connectivity index (χ2v) is 10.3. The van der Waals surface area contributed by atoms with E-state index in [0.717, 1.165) is 34.0 Å². The molecule has 2 heterocycles. The molecule has 0 unspecified atom stereocenters. The van der Waals surface area contributed by atoms with Crippen LogP contribution in [0.5, 0.6) is 5.75 Å². The van der Waals surface area contributed by atoms with Gasteiger partial charge < -0.3 is 9.52 Å². The highest BCUT2D eigenvalue weighted by Crippen LogP contribution is 2.42. The van der Waals surface area contributed by atoms with Crippen LogP contribution in [0.2, 0.25) is 0 Å². The number of benzene rings is 3. The van der Waals surface area contributed by atoms with Gasteiger partial charge in [-0.3, -0.25) is 9.36 Å². The molecule has 0 saturated heterocycles. The van der Waals surface area contributed by atoms with Crippen LogP contribution in [0.15, 0.2) is 90.5 Å². The number of aromatic hydroxyl groups is 1. The van der Waals surface area contributed by atoms with Gasteiger partial charge in [0.05, 0.1) is 5.69 Å². The molecule has 1 aliphatic carbocycles. The van der Waals surface area contributed by atoms with Crippen LogP contribution in [0, 0.1) is 19.7 Å². The molecule has 1 N–H and O–H groups in total. The zero-order valence-electron chi connectivity index (χ0n) is 20.2. The van der Waals surface area contributed by atoms with Crippen LogP contribution in [0.1, 0.15) is 22.3 Å². The number of nitrogens with zero attached hydrogens (tertiary/aromatic N) is 1. The Bertz CT molecular complexity index is 1840. The molecular formula is C30H22FNO4S. The van der Waals surface area contributed by atoms with Crippen molar-refractivity contribution in [3.8, 4) is 22.7 Å². The lowest BCUT2D eigenvalue weighted by Crippen LogP contribution is -2.26. The number of aromatic nitrogens is 1. The molecule has 0 saturated carbocycles. The highest BCUT2D eigenvalue weighted by atomic mass is 32.2. The minimum absolute atomic E-state index is 0.0612. The molecule has 0 spiro atoms. The van der Waals surface area contributed by atoms with Crippen molar-refractivity contribution in [2.24, 2.45) is 0 Å². The lowest BCUT2D eigenvalue weighted by molar-refractivity contribution is 0.445. The number of pyridine rings is 1. The first-order valence-corrected chi connectivity index (χ1v) is 12.7. The Balaban J connectivity index is 1.72. The molecule has 1 aliphatic rings. The maximum atomic E-state index is 14.1. The maximum Gasteiger partial charge on any atom is 0.354 e. The molecule has 0 fully saturated rings. The molecule has 2 aromatic heterocycles. The van der Waals surface area contributed by atoms with E-state index in [-0.39, 0.29) is 15.9 Å². The van der Waals surface area contributed by atoms with Gasteiger partial charge in [-0.2, -0.15) is 0 Å². The van der Waals surface area contributed by atoms with Crippen LogP contribution in [0.3, 0.4) is 0 Å². The molecule has 0 radical (unpaired) electrons. The molecule has 0 bridgehead atoms. The number of para-hydroxylation sites is 1. The fourth-order valence-electron chi connectivity index (χ4n) is 5.24. The molecule has 0 atom stereocenters. The average molecular weight is 512 g/mol. The van der Waals surface area contributed by atoms with E-state index in [1.54, 1.807) is 10.6 Å². The Hall–Kier alpha value is -4.10. The van der Waals surface area contributed by atoms with Crippen LogP contribution in [-0.4, -0.2) is 9.67 Å². The first-order chi connectivity index (χ1) is 17.8. The summed E-state index contributed by atoms with van der Waals surface area (Å²) in [4.78, 5) is 27.5. The van der Waals surface area contributed by atoms with E-state index in [2.05, 4.69) is 19.1 Å². The number of fused-ring (bicyclic) bond motifs is 5. The monoisotopic (exact) mass is 511 g/mol. The number of halogens is 1. The smallest absolute Gasteiger partial charge is 0.354 e. The Morgan fingerprint density at radius 2 is 1.70 bits per heavy atom. The Morgan fingerprint density at radius 1 is 0.946 bits per heavy atom. The minimum Gasteiger partial charge on any atom is -0.505 e. The normalized spacial score (nSPS) is 12.4. The molecule has 0 amide bonds. The summed E-state index contributed by atoms with van der Waals surface area (Å²) in [5.74, 6) is -0.927. The molecule has 184 valence electrons. The first kappa shape index (κ1) is 23.3. The maximum absolute atomic E-state index is 14.1. The van der Waals surface area contributed by atoms with Gasteiger partial charge in [0.1, 0.15) is 16.1 Å². The standard InChI is InChI=1S/C30H22FNO4S/c1-16-13-17(2)21-11-12-22-25(23(21)14-16)32(19-8-4-3-5-9-19)29(34)24-26(33)28(30(35)36-27(22)24)37-20-10-6-7-18(31)15-20/h3-10,13-15,33H,11-12H2,1-2H3. The summed E-state index contributed by atoms with van der Waals surface area (Å²) in [6.45, 7) is 4.07. The van der Waals surface area contributed by atoms with Gasteiger partial charge in [0, 0.05) is 21.7 Å². The third-order valence-electron chi connectivity index (χ3n) is 6.79. The second kappa shape index (κ2) is 8.78. The summed E-state index contributed by atoms with van der Waals surface area (Å²) in [6.07, 6.45) is 1.25. The molecule has 0 aliphatic heterocycles. The van der Waals surface area contributed by atoms with E-state index in [0.29, 0.717) is 34.7 Å². The van der Waals surface area contributed by atoms with Crippen molar-refractivity contribution in [1.29, 1.82) is 0 Å². The Kier molecular flexibility index (Phi) is 5.53. The molecule has 6 rings (SSSR count). The minimum atomic E-state index is -0.774. The lowest BCUT2D eigenvalue weighted by atomic mass is 9.84. The summed E-state index contributed by atoms with van der Waals surface area (Å²) in [5, 5.41) is 11.2. The summed E-state index contributed by atoms with van der Waals surface area (Å²) < 4.78 is 21.1. The predicted molar refractivity (Wildman–Crippen MR) is 143 cm³/mol. The largest absolute Gasteiger partial charge is 0.505 e. The summed E-state index contributed by atoms with van der Waals surface area (Å²) in [5.41, 5.74) is 5.11. The van der Waals surface area contributed by atoms with Crippen molar-refractivity contribution in [3.05, 3.63) is 116 Å². The molecule has 3 aromatic carbocycles. The van der Waals surface area contributed by atoms with Crippen LogP contribution >= 0.6 is 11.8 Å². The molecule has 5 aromatic rings. The zero-order valence-corrected chi connectivity index (χ0v) is 21.0. The number of hydrogen-bond donors (Lipinski definition) is 1. The first-order valence-electron chi connectivity index (χ1n) is 11.9. The van der Waals surface area contributed by atoms with Gasteiger partial charge in [-0.15, -0.1) is 0 Å². The van der Waals surface area contributed by atoms with E-state index >= 15 is 0 Å². The quantitative estimate of drug-likeness (QED) is 0.307. The van der Waals surface area contributed by atoms with Crippen LogP contribution in [0.4, 0.5) is 4.39 Å². The Labute approximate surface area is 215 Å². The van der Waals surface area contributed by atoms with Gasteiger partial charge in [-0.1, -0.05) is 47.7 Å². The van der Waals surface area contributed by atoms with Crippen molar-refractivity contribution in [3.63, 3.8) is 0 Å². The number of aryl methyl sites for hydroxylation is 3. The summed E-state index contributed by atoms with van der Waals surface area (Å²) in [6, 6.07) is 19.1. The van der Waals surface area contributed by atoms with E-state index in [1.165, 1.54) is 18.2 Å². The van der Waals surface area contributed by atoms with Crippen molar-refractivity contribution in [2.75, 3.05) is 0 Å². The highest BCUT2D eigenvalue weighted by Gasteiger charge is 2.30. The van der Waals surface area contributed by atoms with Crippen molar-refractivity contribution in [1.82, 2.24) is 4.57 Å². The zero-order chi connectivity index (χ0) is 25.8. The third-order valence-corrected chi connectivity index (χ3v) is 7.84. The third kappa shape index (κ3) is 3.78. The Morgan fingerprint density at radius 3 is 2.46 bits per heavy atom. The van der Waals surface area contributed by atoms with E-state index in [1.807, 2.05) is 37.3 Å². The van der Waals surface area contributed by atoms with Crippen LogP contribution in [0.25, 0.3) is 27.9 Å². The van der Waals surface area contributed by atoms with Crippen molar-refractivity contribution >= 4 is 22.7 Å². The SMILES string of the molecule is Cc1cc(C)c2c(c1)-c1c(c3oc(=O)c(Sc4cccc(F)c4)c(O)c3c(=O)n1-c1ccccc1)CC2.